The highest BCUT2D eigenvalue weighted by Gasteiger charge is 2.21. The highest BCUT2D eigenvalue weighted by Crippen LogP contribution is 2.26. The molecule has 0 bridgehead atoms. The maximum atomic E-state index is 12.0. The Bertz CT molecular complexity index is 512. The van der Waals surface area contributed by atoms with Gasteiger partial charge in [-0.3, -0.25) is 0 Å². The van der Waals surface area contributed by atoms with Crippen molar-refractivity contribution in [2.24, 2.45) is 5.92 Å². The second-order valence-electron chi connectivity index (χ2n) is 6.42. The number of ether oxygens (including phenoxy) is 1. The number of carbonyl (C=O) groups excluding carboxylic acids is 1. The lowest BCUT2D eigenvalue weighted by Gasteiger charge is -2.30. The van der Waals surface area contributed by atoms with Crippen molar-refractivity contribution in [1.29, 1.82) is 0 Å². The number of piperidine rings is 1. The van der Waals surface area contributed by atoms with Gasteiger partial charge in [-0.2, -0.15) is 0 Å². The number of nitrogens with one attached hydrogen (secondary N) is 2. The Morgan fingerprint density at radius 1 is 1.32 bits per heavy atom. The summed E-state index contributed by atoms with van der Waals surface area (Å²) in [6.07, 6.45) is 3.03. The molecule has 2 amide bonds. The van der Waals surface area contributed by atoms with Crippen molar-refractivity contribution in [3.63, 3.8) is 0 Å². The minimum absolute atomic E-state index is 0.0478. The summed E-state index contributed by atoms with van der Waals surface area (Å²) < 4.78 is 5.75. The average molecular weight is 303 g/mol. The summed E-state index contributed by atoms with van der Waals surface area (Å²) in [7, 11) is 2.12. The number of benzene rings is 1. The molecule has 2 heterocycles. The average Bonchev–Trinajstić information content (AvgIpc) is 2.55. The van der Waals surface area contributed by atoms with E-state index in [1.165, 1.54) is 5.56 Å². The summed E-state index contributed by atoms with van der Waals surface area (Å²) in [5.41, 5.74) is 1.23. The van der Waals surface area contributed by atoms with Crippen molar-refractivity contribution in [1.82, 2.24) is 15.5 Å². The van der Waals surface area contributed by atoms with Gasteiger partial charge in [-0.1, -0.05) is 18.2 Å². The molecule has 1 aromatic carbocycles. The summed E-state index contributed by atoms with van der Waals surface area (Å²) >= 11 is 0. The molecule has 120 valence electrons. The fraction of sp³-hybridized carbons (Fsp3) is 0.588. The first kappa shape index (κ1) is 15.2. The van der Waals surface area contributed by atoms with Crippen LogP contribution in [0.3, 0.4) is 0 Å². The van der Waals surface area contributed by atoms with Crippen LogP contribution < -0.4 is 15.4 Å². The van der Waals surface area contributed by atoms with Crippen LogP contribution in [0, 0.1) is 5.92 Å². The van der Waals surface area contributed by atoms with Crippen LogP contribution >= 0.6 is 0 Å². The van der Waals surface area contributed by atoms with Crippen molar-refractivity contribution in [3.8, 4) is 5.75 Å². The van der Waals surface area contributed by atoms with Crippen LogP contribution in [-0.4, -0.2) is 50.3 Å². The van der Waals surface area contributed by atoms with E-state index in [1.54, 1.807) is 0 Å². The fourth-order valence-corrected chi connectivity index (χ4v) is 3.15. The summed E-state index contributed by atoms with van der Waals surface area (Å²) in [6, 6.07) is 8.39. The van der Waals surface area contributed by atoms with Crippen LogP contribution in [0.15, 0.2) is 24.3 Å². The highest BCUT2D eigenvalue weighted by atomic mass is 16.5. The zero-order valence-electron chi connectivity index (χ0n) is 13.2. The number of para-hydroxylation sites is 1. The molecule has 3 rings (SSSR count). The molecule has 0 saturated carbocycles. The van der Waals surface area contributed by atoms with E-state index in [2.05, 4.69) is 28.6 Å². The molecular formula is C17H25N3O2. The Morgan fingerprint density at radius 3 is 2.91 bits per heavy atom. The van der Waals surface area contributed by atoms with Crippen LogP contribution in [-0.2, 0) is 6.42 Å². The monoisotopic (exact) mass is 303 g/mol. The number of urea groups is 1. The van der Waals surface area contributed by atoms with Crippen LogP contribution in [0.2, 0.25) is 0 Å². The predicted octanol–water partition coefficient (Wildman–Crippen LogP) is 1.63. The van der Waals surface area contributed by atoms with E-state index in [0.717, 1.165) is 38.1 Å². The maximum absolute atomic E-state index is 12.0. The van der Waals surface area contributed by atoms with Gasteiger partial charge in [0.1, 0.15) is 5.75 Å². The number of hydrogen-bond acceptors (Lipinski definition) is 3. The van der Waals surface area contributed by atoms with Gasteiger partial charge in [-0.25, -0.2) is 4.79 Å². The molecule has 0 radical (unpaired) electrons. The van der Waals surface area contributed by atoms with Crippen LogP contribution in [0.1, 0.15) is 18.4 Å². The molecule has 1 atom stereocenters. The Balaban J connectivity index is 1.40. The van der Waals surface area contributed by atoms with Gasteiger partial charge in [0.2, 0.25) is 0 Å². The quantitative estimate of drug-likeness (QED) is 0.892. The van der Waals surface area contributed by atoms with Crippen molar-refractivity contribution in [3.05, 3.63) is 29.8 Å². The molecule has 22 heavy (non-hydrogen) atoms. The van der Waals surface area contributed by atoms with E-state index >= 15 is 0 Å². The van der Waals surface area contributed by atoms with Gasteiger partial charge >= 0.3 is 6.03 Å². The van der Waals surface area contributed by atoms with Gasteiger partial charge in [0.05, 0.1) is 6.61 Å². The Hall–Kier alpha value is -1.75. The second-order valence-corrected chi connectivity index (χ2v) is 6.42. The molecular weight excluding hydrogens is 278 g/mol. The molecule has 1 unspecified atom stereocenters. The number of nitrogens with zero attached hydrogens (tertiary/aromatic N) is 1. The van der Waals surface area contributed by atoms with Gasteiger partial charge in [0.15, 0.2) is 0 Å². The molecule has 2 N–H and O–H groups in total. The number of fused-ring (bicyclic) bond motifs is 1. The van der Waals surface area contributed by atoms with Crippen molar-refractivity contribution in [2.45, 2.75) is 25.3 Å². The molecule has 2 aliphatic heterocycles. The third kappa shape index (κ3) is 3.91. The lowest BCUT2D eigenvalue weighted by molar-refractivity contribution is 0.201. The molecule has 0 aromatic heterocycles. The zero-order valence-corrected chi connectivity index (χ0v) is 13.2. The molecule has 1 aromatic rings. The molecule has 1 saturated heterocycles. The van der Waals surface area contributed by atoms with E-state index in [-0.39, 0.29) is 6.03 Å². The molecule has 0 aliphatic carbocycles. The molecule has 1 fully saturated rings. The number of amides is 2. The fourth-order valence-electron chi connectivity index (χ4n) is 3.15. The predicted molar refractivity (Wildman–Crippen MR) is 86.2 cm³/mol. The first-order valence-corrected chi connectivity index (χ1v) is 8.14. The molecule has 5 heteroatoms. The Kier molecular flexibility index (Phi) is 4.83. The van der Waals surface area contributed by atoms with Crippen LogP contribution in [0.25, 0.3) is 0 Å². The smallest absolute Gasteiger partial charge is 0.315 e. The highest BCUT2D eigenvalue weighted by molar-refractivity contribution is 5.74. The SMILES string of the molecule is CN1CCC(NC(=O)NCC2COc3ccccc3C2)CC1. The lowest BCUT2D eigenvalue weighted by Crippen LogP contribution is -2.48. The van der Waals surface area contributed by atoms with Crippen LogP contribution in [0.4, 0.5) is 4.79 Å². The van der Waals surface area contributed by atoms with Gasteiger partial charge in [0.25, 0.3) is 0 Å². The van der Waals surface area contributed by atoms with Gasteiger partial charge < -0.3 is 20.3 Å². The zero-order chi connectivity index (χ0) is 15.4. The van der Waals surface area contributed by atoms with E-state index in [0.29, 0.717) is 25.1 Å². The first-order chi connectivity index (χ1) is 10.7. The van der Waals surface area contributed by atoms with E-state index in [9.17, 15) is 4.79 Å². The summed E-state index contributed by atoms with van der Waals surface area (Å²) in [4.78, 5) is 14.3. The van der Waals surface area contributed by atoms with Crippen molar-refractivity contribution >= 4 is 6.03 Å². The van der Waals surface area contributed by atoms with Gasteiger partial charge in [-0.15, -0.1) is 0 Å². The third-order valence-electron chi connectivity index (χ3n) is 4.56. The van der Waals surface area contributed by atoms with E-state index < -0.39 is 0 Å². The van der Waals surface area contributed by atoms with Crippen molar-refractivity contribution < 1.29 is 9.53 Å². The largest absolute Gasteiger partial charge is 0.493 e. The Morgan fingerprint density at radius 2 is 2.09 bits per heavy atom. The summed E-state index contributed by atoms with van der Waals surface area (Å²) in [5.74, 6) is 1.33. The minimum Gasteiger partial charge on any atom is -0.493 e. The standard InChI is InChI=1S/C17H25N3O2/c1-20-8-6-15(7-9-20)19-17(21)18-11-13-10-14-4-2-3-5-16(14)22-12-13/h2-5,13,15H,6-12H2,1H3,(H2,18,19,21). The number of hydrogen-bond donors (Lipinski definition) is 2. The van der Waals surface area contributed by atoms with E-state index in [4.69, 9.17) is 4.74 Å². The van der Waals surface area contributed by atoms with E-state index in [1.807, 2.05) is 18.2 Å². The third-order valence-corrected chi connectivity index (χ3v) is 4.56. The Labute approximate surface area is 132 Å². The van der Waals surface area contributed by atoms with Crippen LogP contribution in [0.5, 0.6) is 5.75 Å². The topological polar surface area (TPSA) is 53.6 Å². The van der Waals surface area contributed by atoms with Gasteiger partial charge in [-0.05, 0) is 51.0 Å². The summed E-state index contributed by atoms with van der Waals surface area (Å²) in [6.45, 7) is 3.44. The normalized spacial score (nSPS) is 22.5. The van der Waals surface area contributed by atoms with Crippen molar-refractivity contribution in [2.75, 3.05) is 33.3 Å². The second kappa shape index (κ2) is 7.01. The number of rotatable bonds is 3. The summed E-state index contributed by atoms with van der Waals surface area (Å²) in [5, 5.41) is 6.08. The van der Waals surface area contributed by atoms with Gasteiger partial charge in [0, 0.05) is 18.5 Å². The maximum Gasteiger partial charge on any atom is 0.315 e. The molecule has 5 nitrogen and oxygen atoms in total. The number of carbonyl (C=O) groups is 1. The number of likely N-dealkylation sites (tertiary alicyclic amines) is 1. The first-order valence-electron chi connectivity index (χ1n) is 8.14. The minimum atomic E-state index is -0.0478. The molecule has 0 spiro atoms. The lowest BCUT2D eigenvalue weighted by atomic mass is 9.97. The molecule has 2 aliphatic rings.